The number of hydrogen-bond donors (Lipinski definition) is 2. The second kappa shape index (κ2) is 5.51. The van der Waals surface area contributed by atoms with E-state index >= 15 is 0 Å². The maximum Gasteiger partial charge on any atom is 0.251 e. The third-order valence-corrected chi connectivity index (χ3v) is 4.09. The first kappa shape index (κ1) is 14.1. The molecule has 0 heterocycles. The van der Waals surface area contributed by atoms with Gasteiger partial charge in [0.05, 0.1) is 5.60 Å². The van der Waals surface area contributed by atoms with Crippen LogP contribution in [0.5, 0.6) is 0 Å². The molecule has 2 N–H and O–H groups in total. The van der Waals surface area contributed by atoms with Crippen LogP contribution in [0.4, 0.5) is 0 Å². The van der Waals surface area contributed by atoms with E-state index in [-0.39, 0.29) is 12.5 Å². The highest BCUT2D eigenvalue weighted by molar-refractivity contribution is 6.30. The number of aliphatic hydroxyl groups is 1. The van der Waals surface area contributed by atoms with Gasteiger partial charge in [-0.25, -0.2) is 0 Å². The third-order valence-electron chi connectivity index (χ3n) is 3.84. The summed E-state index contributed by atoms with van der Waals surface area (Å²) in [4.78, 5) is 12.1. The zero-order chi connectivity index (χ0) is 14.9. The van der Waals surface area contributed by atoms with Crippen LogP contribution in [0, 0.1) is 0 Å². The average molecular weight is 302 g/mol. The number of rotatable bonds is 3. The van der Waals surface area contributed by atoms with E-state index in [0.717, 1.165) is 11.1 Å². The van der Waals surface area contributed by atoms with Crippen LogP contribution in [0.15, 0.2) is 48.5 Å². The van der Waals surface area contributed by atoms with E-state index in [0.29, 0.717) is 23.4 Å². The van der Waals surface area contributed by atoms with Gasteiger partial charge in [0.2, 0.25) is 0 Å². The van der Waals surface area contributed by atoms with E-state index in [1.165, 1.54) is 0 Å². The molecule has 1 aliphatic carbocycles. The number of carbonyl (C=O) groups is 1. The van der Waals surface area contributed by atoms with E-state index in [1.54, 1.807) is 24.3 Å². The zero-order valence-corrected chi connectivity index (χ0v) is 12.2. The summed E-state index contributed by atoms with van der Waals surface area (Å²) in [7, 11) is 0. The summed E-state index contributed by atoms with van der Waals surface area (Å²) in [5.41, 5.74) is 1.95. The van der Waals surface area contributed by atoms with Gasteiger partial charge in [0.15, 0.2) is 0 Å². The topological polar surface area (TPSA) is 49.3 Å². The minimum absolute atomic E-state index is 0.198. The molecule has 0 saturated carbocycles. The predicted octanol–water partition coefficient (Wildman–Crippen LogP) is 2.60. The minimum atomic E-state index is -0.897. The van der Waals surface area contributed by atoms with Crippen molar-refractivity contribution in [1.29, 1.82) is 0 Å². The Morgan fingerprint density at radius 1 is 1.10 bits per heavy atom. The monoisotopic (exact) mass is 301 g/mol. The van der Waals surface area contributed by atoms with Gasteiger partial charge in [0, 0.05) is 30.0 Å². The van der Waals surface area contributed by atoms with Crippen LogP contribution in [-0.4, -0.2) is 23.2 Å². The number of nitrogens with one attached hydrogen (secondary N) is 1. The van der Waals surface area contributed by atoms with Gasteiger partial charge in [-0.3, -0.25) is 4.79 Å². The highest BCUT2D eigenvalue weighted by Gasteiger charge is 2.35. The second-order valence-electron chi connectivity index (χ2n) is 5.54. The first-order valence-corrected chi connectivity index (χ1v) is 7.26. The molecule has 108 valence electrons. The average Bonchev–Trinajstić information content (AvgIpc) is 2.82. The van der Waals surface area contributed by atoms with Crippen LogP contribution >= 0.6 is 11.6 Å². The van der Waals surface area contributed by atoms with E-state index in [2.05, 4.69) is 5.32 Å². The van der Waals surface area contributed by atoms with Gasteiger partial charge in [0.1, 0.15) is 0 Å². The van der Waals surface area contributed by atoms with Gasteiger partial charge in [-0.1, -0.05) is 35.9 Å². The Balaban J connectivity index is 1.63. The molecule has 0 saturated heterocycles. The SMILES string of the molecule is O=C(NCC1(O)Cc2ccccc2C1)c1ccc(Cl)cc1. The van der Waals surface area contributed by atoms with Crippen LogP contribution in [-0.2, 0) is 12.8 Å². The predicted molar refractivity (Wildman–Crippen MR) is 82.6 cm³/mol. The fourth-order valence-electron chi connectivity index (χ4n) is 2.75. The molecule has 0 aliphatic heterocycles. The fraction of sp³-hybridized carbons (Fsp3) is 0.235. The molecule has 0 radical (unpaired) electrons. The number of amides is 1. The van der Waals surface area contributed by atoms with Crippen LogP contribution < -0.4 is 5.32 Å². The van der Waals surface area contributed by atoms with Gasteiger partial charge in [-0.2, -0.15) is 0 Å². The molecular weight excluding hydrogens is 286 g/mol. The summed E-state index contributed by atoms with van der Waals surface area (Å²) in [6.07, 6.45) is 1.15. The molecule has 21 heavy (non-hydrogen) atoms. The number of halogens is 1. The Morgan fingerprint density at radius 3 is 2.24 bits per heavy atom. The number of benzene rings is 2. The molecule has 0 bridgehead atoms. The summed E-state index contributed by atoms with van der Waals surface area (Å²) in [5, 5.41) is 14.0. The van der Waals surface area contributed by atoms with Crippen molar-refractivity contribution in [2.75, 3.05) is 6.54 Å². The van der Waals surface area contributed by atoms with Crippen LogP contribution in [0.25, 0.3) is 0 Å². The maximum absolute atomic E-state index is 12.1. The van der Waals surface area contributed by atoms with E-state index in [4.69, 9.17) is 11.6 Å². The van der Waals surface area contributed by atoms with E-state index < -0.39 is 5.60 Å². The lowest BCUT2D eigenvalue weighted by atomic mass is 10.0. The Bertz CT molecular complexity index is 642. The van der Waals surface area contributed by atoms with Crippen molar-refractivity contribution in [3.05, 3.63) is 70.2 Å². The molecule has 2 aromatic carbocycles. The third kappa shape index (κ3) is 3.09. The lowest BCUT2D eigenvalue weighted by Crippen LogP contribution is -2.43. The quantitative estimate of drug-likeness (QED) is 0.915. The molecule has 0 spiro atoms. The fourth-order valence-corrected chi connectivity index (χ4v) is 2.87. The molecule has 1 amide bonds. The zero-order valence-electron chi connectivity index (χ0n) is 11.5. The standard InChI is InChI=1S/C17H16ClNO2/c18-15-7-5-12(6-8-15)16(20)19-11-17(21)9-13-3-1-2-4-14(13)10-17/h1-8,21H,9-11H2,(H,19,20). The minimum Gasteiger partial charge on any atom is -0.387 e. The van der Waals surface area contributed by atoms with Gasteiger partial charge in [0.25, 0.3) is 5.91 Å². The lowest BCUT2D eigenvalue weighted by molar-refractivity contribution is 0.0480. The highest BCUT2D eigenvalue weighted by atomic mass is 35.5. The van der Waals surface area contributed by atoms with Crippen LogP contribution in [0.3, 0.4) is 0 Å². The van der Waals surface area contributed by atoms with Crippen LogP contribution in [0.1, 0.15) is 21.5 Å². The second-order valence-corrected chi connectivity index (χ2v) is 5.97. The number of hydrogen-bond acceptors (Lipinski definition) is 2. The van der Waals surface area contributed by atoms with Crippen LogP contribution in [0.2, 0.25) is 5.02 Å². The van der Waals surface area contributed by atoms with Crippen molar-refractivity contribution >= 4 is 17.5 Å². The molecule has 3 nitrogen and oxygen atoms in total. The summed E-state index contributed by atoms with van der Waals surface area (Å²) >= 11 is 5.80. The summed E-state index contributed by atoms with van der Waals surface area (Å²) < 4.78 is 0. The molecular formula is C17H16ClNO2. The Hall–Kier alpha value is -1.84. The Morgan fingerprint density at radius 2 is 1.67 bits per heavy atom. The first-order chi connectivity index (χ1) is 10.1. The molecule has 0 atom stereocenters. The van der Waals surface area contributed by atoms with Crippen molar-refractivity contribution in [1.82, 2.24) is 5.32 Å². The van der Waals surface area contributed by atoms with Gasteiger partial charge in [-0.05, 0) is 35.4 Å². The van der Waals surface area contributed by atoms with E-state index in [1.807, 2.05) is 24.3 Å². The lowest BCUT2D eigenvalue weighted by Gasteiger charge is -2.22. The number of carbonyl (C=O) groups excluding carboxylic acids is 1. The summed E-state index contributed by atoms with van der Waals surface area (Å²) in [5.74, 6) is -0.198. The highest BCUT2D eigenvalue weighted by Crippen LogP contribution is 2.29. The molecule has 4 heteroatoms. The molecule has 0 aromatic heterocycles. The summed E-state index contributed by atoms with van der Waals surface area (Å²) in [6, 6.07) is 14.7. The van der Waals surface area contributed by atoms with Crippen molar-refractivity contribution < 1.29 is 9.90 Å². The maximum atomic E-state index is 12.1. The van der Waals surface area contributed by atoms with Gasteiger partial charge >= 0.3 is 0 Å². The largest absolute Gasteiger partial charge is 0.387 e. The number of fused-ring (bicyclic) bond motifs is 1. The van der Waals surface area contributed by atoms with Crippen molar-refractivity contribution in [3.63, 3.8) is 0 Å². The Kier molecular flexibility index (Phi) is 3.70. The van der Waals surface area contributed by atoms with Crippen molar-refractivity contribution in [2.24, 2.45) is 0 Å². The molecule has 0 unspecified atom stereocenters. The normalized spacial score (nSPS) is 15.5. The molecule has 1 aliphatic rings. The molecule has 0 fully saturated rings. The van der Waals surface area contributed by atoms with E-state index in [9.17, 15) is 9.90 Å². The summed E-state index contributed by atoms with van der Waals surface area (Å²) in [6.45, 7) is 0.239. The molecule has 2 aromatic rings. The Labute approximate surface area is 128 Å². The molecule has 3 rings (SSSR count). The van der Waals surface area contributed by atoms with Gasteiger partial charge in [-0.15, -0.1) is 0 Å². The first-order valence-electron chi connectivity index (χ1n) is 6.89. The van der Waals surface area contributed by atoms with Crippen molar-refractivity contribution in [2.45, 2.75) is 18.4 Å². The van der Waals surface area contributed by atoms with Gasteiger partial charge < -0.3 is 10.4 Å². The smallest absolute Gasteiger partial charge is 0.251 e. The van der Waals surface area contributed by atoms with Crippen molar-refractivity contribution in [3.8, 4) is 0 Å².